The summed E-state index contributed by atoms with van der Waals surface area (Å²) in [7, 11) is 0. The maximum absolute atomic E-state index is 9.17. The van der Waals surface area contributed by atoms with Crippen LogP contribution in [0.5, 0.6) is 0 Å². The topological polar surface area (TPSA) is 90.2 Å². The molecule has 0 aromatic heterocycles. The molecule has 0 aromatic rings. The zero-order chi connectivity index (χ0) is 9.30. The number of alkyl halides is 1. The van der Waals surface area contributed by atoms with Crippen molar-refractivity contribution in [1.82, 2.24) is 0 Å². The van der Waals surface area contributed by atoms with Gasteiger partial charge >= 0.3 is 0 Å². The Hall–Kier alpha value is 0.0900. The van der Waals surface area contributed by atoms with Crippen molar-refractivity contribution in [2.24, 2.45) is 0 Å². The SMILES string of the molecule is OC[C@H]1O[C@H](Cl)[C@H](O)[C@@H](O)[C@@H]1O. The summed E-state index contributed by atoms with van der Waals surface area (Å²) >= 11 is 5.45. The lowest BCUT2D eigenvalue weighted by atomic mass is 10.0. The van der Waals surface area contributed by atoms with Gasteiger partial charge in [-0.15, -0.1) is 0 Å². The standard InChI is InChI=1S/C6H11ClO5/c7-6-5(11)4(10)3(9)2(1-8)12-6/h2-6,8-11H,1H2/t2-,3-,4+,5-,6+/m1/s1. The minimum absolute atomic E-state index is 0.450. The van der Waals surface area contributed by atoms with E-state index in [4.69, 9.17) is 31.7 Å². The molecule has 0 unspecified atom stereocenters. The summed E-state index contributed by atoms with van der Waals surface area (Å²) in [5.41, 5.74) is -1.10. The predicted molar refractivity (Wildman–Crippen MR) is 39.6 cm³/mol. The molecule has 0 spiro atoms. The number of halogens is 1. The van der Waals surface area contributed by atoms with Gasteiger partial charge in [-0.3, -0.25) is 0 Å². The van der Waals surface area contributed by atoms with Crippen LogP contribution in [0.1, 0.15) is 0 Å². The van der Waals surface area contributed by atoms with Crippen molar-refractivity contribution in [2.75, 3.05) is 6.61 Å². The van der Waals surface area contributed by atoms with Crippen LogP contribution in [0.25, 0.3) is 0 Å². The summed E-state index contributed by atoms with van der Waals surface area (Å²) in [5.74, 6) is 0. The Morgan fingerprint density at radius 2 is 1.67 bits per heavy atom. The van der Waals surface area contributed by atoms with Crippen molar-refractivity contribution in [3.8, 4) is 0 Å². The molecule has 5 atom stereocenters. The number of ether oxygens (including phenoxy) is 1. The van der Waals surface area contributed by atoms with Gasteiger partial charge in [-0.1, -0.05) is 11.6 Å². The first-order valence-corrected chi connectivity index (χ1v) is 3.96. The van der Waals surface area contributed by atoms with Gasteiger partial charge in [0.15, 0.2) is 5.56 Å². The molecule has 1 rings (SSSR count). The van der Waals surface area contributed by atoms with Gasteiger partial charge in [0.2, 0.25) is 0 Å². The molecule has 1 heterocycles. The van der Waals surface area contributed by atoms with E-state index < -0.39 is 36.6 Å². The van der Waals surface area contributed by atoms with Crippen LogP contribution in [0.3, 0.4) is 0 Å². The molecule has 6 heteroatoms. The van der Waals surface area contributed by atoms with Crippen LogP contribution in [-0.4, -0.2) is 57.0 Å². The minimum atomic E-state index is -1.38. The molecule has 1 fully saturated rings. The first-order chi connectivity index (χ1) is 5.57. The average Bonchev–Trinajstić information content (AvgIpc) is 2.08. The highest BCUT2D eigenvalue weighted by Gasteiger charge is 2.42. The molecule has 5 nitrogen and oxygen atoms in total. The zero-order valence-corrected chi connectivity index (χ0v) is 6.92. The van der Waals surface area contributed by atoms with E-state index in [1.807, 2.05) is 0 Å². The number of hydrogen-bond donors (Lipinski definition) is 4. The predicted octanol–water partition coefficient (Wildman–Crippen LogP) is -1.97. The number of hydrogen-bond acceptors (Lipinski definition) is 5. The summed E-state index contributed by atoms with van der Waals surface area (Å²) in [5, 5.41) is 36.0. The maximum atomic E-state index is 9.17. The van der Waals surface area contributed by atoms with Gasteiger partial charge in [0, 0.05) is 0 Å². The molecule has 1 saturated heterocycles. The van der Waals surface area contributed by atoms with Gasteiger partial charge in [-0.05, 0) is 0 Å². The lowest BCUT2D eigenvalue weighted by Gasteiger charge is -2.37. The van der Waals surface area contributed by atoms with Crippen molar-refractivity contribution in [2.45, 2.75) is 30.0 Å². The second-order valence-corrected chi connectivity index (χ2v) is 3.11. The fraction of sp³-hybridized carbons (Fsp3) is 1.00. The quantitative estimate of drug-likeness (QED) is 0.367. The summed E-state index contributed by atoms with van der Waals surface area (Å²) in [4.78, 5) is 0. The molecule has 0 radical (unpaired) electrons. The largest absolute Gasteiger partial charge is 0.394 e. The third-order valence-corrected chi connectivity index (χ3v) is 2.20. The highest BCUT2D eigenvalue weighted by Crippen LogP contribution is 2.22. The van der Waals surface area contributed by atoms with Crippen LogP contribution < -0.4 is 0 Å². The van der Waals surface area contributed by atoms with Crippen LogP contribution >= 0.6 is 11.6 Å². The van der Waals surface area contributed by atoms with E-state index in [9.17, 15) is 5.11 Å². The van der Waals surface area contributed by atoms with Crippen molar-refractivity contribution in [1.29, 1.82) is 0 Å². The summed E-state index contributed by atoms with van der Waals surface area (Å²) in [6.07, 6.45) is -4.95. The summed E-state index contributed by atoms with van der Waals surface area (Å²) < 4.78 is 4.79. The Bertz CT molecular complexity index is 150. The van der Waals surface area contributed by atoms with Gasteiger partial charge in [0.05, 0.1) is 6.61 Å². The molecule has 0 amide bonds. The van der Waals surface area contributed by atoms with Crippen LogP contribution in [0.4, 0.5) is 0 Å². The fourth-order valence-corrected chi connectivity index (χ4v) is 1.34. The van der Waals surface area contributed by atoms with Crippen molar-refractivity contribution in [3.63, 3.8) is 0 Å². The van der Waals surface area contributed by atoms with Crippen molar-refractivity contribution >= 4 is 11.6 Å². The molecule has 0 aromatic carbocycles. The fourth-order valence-electron chi connectivity index (χ4n) is 1.06. The lowest BCUT2D eigenvalue weighted by Crippen LogP contribution is -2.56. The van der Waals surface area contributed by atoms with Gasteiger partial charge in [0.1, 0.15) is 24.4 Å². The highest BCUT2D eigenvalue weighted by molar-refractivity contribution is 6.20. The van der Waals surface area contributed by atoms with Crippen LogP contribution in [0, 0.1) is 0 Å². The van der Waals surface area contributed by atoms with Gasteiger partial charge in [-0.2, -0.15) is 0 Å². The number of rotatable bonds is 1. The molecule has 1 aliphatic rings. The third-order valence-electron chi connectivity index (χ3n) is 1.83. The second-order valence-electron chi connectivity index (χ2n) is 2.68. The molecule has 1 aliphatic heterocycles. The first kappa shape index (κ1) is 10.2. The molecular weight excluding hydrogens is 188 g/mol. The van der Waals surface area contributed by atoms with Crippen molar-refractivity contribution < 1.29 is 25.2 Å². The van der Waals surface area contributed by atoms with Gasteiger partial charge in [-0.25, -0.2) is 0 Å². The molecule has 0 saturated carbocycles. The summed E-state index contributed by atoms with van der Waals surface area (Å²) in [6.45, 7) is -0.450. The molecule has 72 valence electrons. The summed E-state index contributed by atoms with van der Waals surface area (Å²) in [6, 6.07) is 0. The van der Waals surface area contributed by atoms with E-state index >= 15 is 0 Å². The Kier molecular flexibility index (Phi) is 3.28. The Morgan fingerprint density at radius 1 is 1.08 bits per heavy atom. The lowest BCUT2D eigenvalue weighted by molar-refractivity contribution is -0.207. The van der Waals surface area contributed by atoms with Crippen LogP contribution in [-0.2, 0) is 4.74 Å². The Labute approximate surface area is 74.2 Å². The van der Waals surface area contributed by atoms with Gasteiger partial charge < -0.3 is 25.2 Å². The smallest absolute Gasteiger partial charge is 0.160 e. The number of aliphatic hydroxyl groups excluding tert-OH is 4. The zero-order valence-electron chi connectivity index (χ0n) is 6.17. The molecule has 0 bridgehead atoms. The Balaban J connectivity index is 2.63. The number of aliphatic hydroxyl groups is 4. The molecule has 0 aliphatic carbocycles. The van der Waals surface area contributed by atoms with E-state index in [1.54, 1.807) is 0 Å². The third kappa shape index (κ3) is 1.71. The minimum Gasteiger partial charge on any atom is -0.394 e. The maximum Gasteiger partial charge on any atom is 0.160 e. The van der Waals surface area contributed by atoms with Gasteiger partial charge in [0.25, 0.3) is 0 Å². The second kappa shape index (κ2) is 3.87. The first-order valence-electron chi connectivity index (χ1n) is 3.52. The average molecular weight is 199 g/mol. The Morgan fingerprint density at radius 3 is 2.17 bits per heavy atom. The molecular formula is C6H11ClO5. The van der Waals surface area contributed by atoms with E-state index in [0.29, 0.717) is 0 Å². The van der Waals surface area contributed by atoms with E-state index in [0.717, 1.165) is 0 Å². The van der Waals surface area contributed by atoms with Crippen LogP contribution in [0.2, 0.25) is 0 Å². The van der Waals surface area contributed by atoms with Crippen LogP contribution in [0.15, 0.2) is 0 Å². The molecule has 12 heavy (non-hydrogen) atoms. The normalized spacial score (nSPS) is 49.2. The monoisotopic (exact) mass is 198 g/mol. The van der Waals surface area contributed by atoms with E-state index in [-0.39, 0.29) is 0 Å². The molecule has 4 N–H and O–H groups in total. The van der Waals surface area contributed by atoms with E-state index in [2.05, 4.69) is 0 Å². The van der Waals surface area contributed by atoms with Crippen molar-refractivity contribution in [3.05, 3.63) is 0 Å². The van der Waals surface area contributed by atoms with E-state index in [1.165, 1.54) is 0 Å². The highest BCUT2D eigenvalue weighted by atomic mass is 35.5.